The number of hydrogen-bond donors (Lipinski definition) is 0. The van der Waals surface area contributed by atoms with Crippen LogP contribution in [-0.2, 0) is 14.2 Å². The Labute approximate surface area is 170 Å². The van der Waals surface area contributed by atoms with Gasteiger partial charge in [0.15, 0.2) is 5.69 Å². The van der Waals surface area contributed by atoms with Gasteiger partial charge in [-0.2, -0.15) is 5.10 Å². The minimum absolute atomic E-state index is 0.170. The molecular weight excluding hydrogens is 395 g/mol. The minimum atomic E-state index is -0.952. The molecule has 0 unspecified atom stereocenters. The highest BCUT2D eigenvalue weighted by molar-refractivity contribution is 6.08. The first-order chi connectivity index (χ1) is 14.4. The molecule has 0 aliphatic heterocycles. The van der Waals surface area contributed by atoms with E-state index in [1.54, 1.807) is 30.3 Å². The topological polar surface area (TPSA) is 96.7 Å². The molecule has 154 valence electrons. The lowest BCUT2D eigenvalue weighted by Gasteiger charge is -2.09. The molecule has 1 aromatic heterocycles. The number of carbonyl (C=O) groups excluding carboxylic acids is 3. The molecule has 3 rings (SSSR count). The van der Waals surface area contributed by atoms with Gasteiger partial charge in [0, 0.05) is 0 Å². The predicted molar refractivity (Wildman–Crippen MR) is 103 cm³/mol. The first-order valence-corrected chi connectivity index (χ1v) is 8.66. The molecule has 9 heteroatoms. The summed E-state index contributed by atoms with van der Waals surface area (Å²) >= 11 is 0. The largest absolute Gasteiger partial charge is 0.465 e. The maximum Gasteiger partial charge on any atom is 0.357 e. The fraction of sp³-hybridized carbons (Fsp3) is 0.143. The third-order valence-electron chi connectivity index (χ3n) is 4.31. The van der Waals surface area contributed by atoms with Gasteiger partial charge in [-0.05, 0) is 24.3 Å². The van der Waals surface area contributed by atoms with E-state index in [1.807, 2.05) is 0 Å². The van der Waals surface area contributed by atoms with Crippen molar-refractivity contribution in [1.82, 2.24) is 9.78 Å². The fourth-order valence-electron chi connectivity index (χ4n) is 2.97. The molecule has 0 bridgehead atoms. The van der Waals surface area contributed by atoms with Crippen LogP contribution in [0.4, 0.5) is 4.39 Å². The molecular formula is C21H17FN2O6. The van der Waals surface area contributed by atoms with E-state index >= 15 is 0 Å². The molecule has 0 atom stereocenters. The molecule has 0 N–H and O–H groups in total. The normalized spacial score (nSPS) is 10.4. The third-order valence-corrected chi connectivity index (χ3v) is 4.31. The Morgan fingerprint density at radius 1 is 0.833 bits per heavy atom. The first-order valence-electron chi connectivity index (χ1n) is 8.66. The molecule has 0 aliphatic rings. The summed E-state index contributed by atoms with van der Waals surface area (Å²) in [5.74, 6) is -3.52. The molecule has 1 heterocycles. The number of hydrogen-bond acceptors (Lipinski definition) is 7. The zero-order chi connectivity index (χ0) is 21.8. The number of rotatable bonds is 5. The van der Waals surface area contributed by atoms with Gasteiger partial charge in [0.1, 0.15) is 17.1 Å². The summed E-state index contributed by atoms with van der Waals surface area (Å²) < 4.78 is 30.4. The lowest BCUT2D eigenvalue weighted by Crippen LogP contribution is -2.15. The van der Waals surface area contributed by atoms with Crippen LogP contribution in [0.3, 0.4) is 0 Å². The van der Waals surface area contributed by atoms with Crippen molar-refractivity contribution in [2.24, 2.45) is 0 Å². The van der Waals surface area contributed by atoms with E-state index in [9.17, 15) is 18.8 Å². The highest BCUT2D eigenvalue weighted by Crippen LogP contribution is 2.33. The van der Waals surface area contributed by atoms with E-state index in [-0.39, 0.29) is 28.1 Å². The standard InChI is InChI=1S/C21H17FN2O6/c1-28-19(25)13-10-7-11-14(22)15(13)17-16(20(26)29-2)18(21(27)30-3)24(23-17)12-8-5-4-6-9-12/h4-11H,1-3H3. The minimum Gasteiger partial charge on any atom is -0.465 e. The van der Waals surface area contributed by atoms with Crippen molar-refractivity contribution in [3.05, 3.63) is 71.2 Å². The predicted octanol–water partition coefficient (Wildman–Crippen LogP) is 3.04. The van der Waals surface area contributed by atoms with Gasteiger partial charge in [-0.25, -0.2) is 23.5 Å². The molecule has 0 radical (unpaired) electrons. The molecule has 0 fully saturated rings. The van der Waals surface area contributed by atoms with Crippen molar-refractivity contribution in [3.8, 4) is 16.9 Å². The summed E-state index contributed by atoms with van der Waals surface area (Å²) in [6.07, 6.45) is 0. The maximum absolute atomic E-state index is 14.9. The summed E-state index contributed by atoms with van der Waals surface area (Å²) in [6.45, 7) is 0. The van der Waals surface area contributed by atoms with Gasteiger partial charge in [-0.3, -0.25) is 0 Å². The smallest absolute Gasteiger partial charge is 0.357 e. The third kappa shape index (κ3) is 3.52. The number of carbonyl (C=O) groups is 3. The number of ether oxygens (including phenoxy) is 3. The molecule has 0 saturated heterocycles. The molecule has 3 aromatic rings. The van der Waals surface area contributed by atoms with E-state index in [0.29, 0.717) is 5.69 Å². The van der Waals surface area contributed by atoms with Gasteiger partial charge in [-0.15, -0.1) is 0 Å². The van der Waals surface area contributed by atoms with Crippen molar-refractivity contribution in [1.29, 1.82) is 0 Å². The molecule has 0 aliphatic carbocycles. The molecule has 0 amide bonds. The maximum atomic E-state index is 14.9. The van der Waals surface area contributed by atoms with Crippen LogP contribution in [0.25, 0.3) is 16.9 Å². The van der Waals surface area contributed by atoms with Crippen molar-refractivity contribution < 1.29 is 33.0 Å². The molecule has 30 heavy (non-hydrogen) atoms. The summed E-state index contributed by atoms with van der Waals surface area (Å²) in [5, 5.41) is 4.29. The number of nitrogens with zero attached hydrogens (tertiary/aromatic N) is 2. The number of halogens is 1. The van der Waals surface area contributed by atoms with Crippen molar-refractivity contribution in [2.45, 2.75) is 0 Å². The molecule has 0 spiro atoms. The Morgan fingerprint density at radius 3 is 2.07 bits per heavy atom. The average molecular weight is 412 g/mol. The van der Waals surface area contributed by atoms with Crippen LogP contribution in [-0.4, -0.2) is 49.0 Å². The Kier molecular flexibility index (Phi) is 5.91. The SMILES string of the molecule is COC(=O)c1cccc(F)c1-c1nn(-c2ccccc2)c(C(=O)OC)c1C(=O)OC. The van der Waals surface area contributed by atoms with Gasteiger partial charge in [0.2, 0.25) is 0 Å². The van der Waals surface area contributed by atoms with Crippen LogP contribution in [0, 0.1) is 5.82 Å². The zero-order valence-electron chi connectivity index (χ0n) is 16.3. The highest BCUT2D eigenvalue weighted by atomic mass is 19.1. The van der Waals surface area contributed by atoms with E-state index < -0.39 is 23.7 Å². The summed E-state index contributed by atoms with van der Waals surface area (Å²) in [7, 11) is 3.38. The average Bonchev–Trinajstić information content (AvgIpc) is 3.18. The zero-order valence-corrected chi connectivity index (χ0v) is 16.3. The summed E-state index contributed by atoms with van der Waals surface area (Å²) in [4.78, 5) is 37.4. The van der Waals surface area contributed by atoms with Crippen molar-refractivity contribution >= 4 is 17.9 Å². The summed E-state index contributed by atoms with van der Waals surface area (Å²) in [5.41, 5.74) is -0.940. The van der Waals surface area contributed by atoms with Crippen LogP contribution >= 0.6 is 0 Å². The van der Waals surface area contributed by atoms with E-state index in [4.69, 9.17) is 14.2 Å². The Bertz CT molecular complexity index is 1120. The number of para-hydroxylation sites is 1. The van der Waals surface area contributed by atoms with Crippen LogP contribution in [0.15, 0.2) is 48.5 Å². The Balaban J connectivity index is 2.45. The molecule has 2 aromatic carbocycles. The monoisotopic (exact) mass is 412 g/mol. The number of benzene rings is 2. The van der Waals surface area contributed by atoms with E-state index in [1.165, 1.54) is 12.1 Å². The van der Waals surface area contributed by atoms with E-state index in [0.717, 1.165) is 32.1 Å². The van der Waals surface area contributed by atoms with Crippen LogP contribution in [0.5, 0.6) is 0 Å². The van der Waals surface area contributed by atoms with Crippen molar-refractivity contribution in [3.63, 3.8) is 0 Å². The quantitative estimate of drug-likeness (QED) is 0.469. The fourth-order valence-corrected chi connectivity index (χ4v) is 2.97. The van der Waals surface area contributed by atoms with Gasteiger partial charge >= 0.3 is 17.9 Å². The van der Waals surface area contributed by atoms with Crippen molar-refractivity contribution in [2.75, 3.05) is 21.3 Å². The highest BCUT2D eigenvalue weighted by Gasteiger charge is 2.34. The van der Waals surface area contributed by atoms with Crippen LogP contribution < -0.4 is 0 Å². The van der Waals surface area contributed by atoms with E-state index in [2.05, 4.69) is 5.10 Å². The number of esters is 3. The first kappa shape index (κ1) is 20.7. The van der Waals surface area contributed by atoms with Gasteiger partial charge < -0.3 is 14.2 Å². The lowest BCUT2D eigenvalue weighted by atomic mass is 9.99. The van der Waals surface area contributed by atoms with Gasteiger partial charge in [0.05, 0.1) is 38.1 Å². The molecule has 0 saturated carbocycles. The number of aromatic nitrogens is 2. The lowest BCUT2D eigenvalue weighted by molar-refractivity contribution is 0.0549. The second-order valence-corrected chi connectivity index (χ2v) is 5.96. The second kappa shape index (κ2) is 8.56. The van der Waals surface area contributed by atoms with Crippen LogP contribution in [0.1, 0.15) is 31.2 Å². The van der Waals surface area contributed by atoms with Gasteiger partial charge in [0.25, 0.3) is 0 Å². The summed E-state index contributed by atoms with van der Waals surface area (Å²) in [6, 6.07) is 12.1. The molecule has 8 nitrogen and oxygen atoms in total. The Hall–Kier alpha value is -4.01. The van der Waals surface area contributed by atoms with Crippen LogP contribution in [0.2, 0.25) is 0 Å². The van der Waals surface area contributed by atoms with Gasteiger partial charge in [-0.1, -0.05) is 24.3 Å². The number of methoxy groups -OCH3 is 3. The second-order valence-electron chi connectivity index (χ2n) is 5.96. The Morgan fingerprint density at radius 2 is 1.47 bits per heavy atom.